The van der Waals surface area contributed by atoms with Gasteiger partial charge in [-0.3, -0.25) is 0 Å². The third-order valence-corrected chi connectivity index (χ3v) is 3.52. The molecule has 0 aliphatic carbocycles. The zero-order valence-corrected chi connectivity index (χ0v) is 13.3. The molecule has 0 heterocycles. The third kappa shape index (κ3) is 4.30. The lowest BCUT2D eigenvalue weighted by Crippen LogP contribution is -2.12. The van der Waals surface area contributed by atoms with Crippen molar-refractivity contribution in [1.82, 2.24) is 5.32 Å². The molecule has 1 rings (SSSR count). The number of hydrogen-bond donors (Lipinski definition) is 1. The SMILES string of the molecule is CCC(CC)COc1c(OC)cc(CNC)cc1OC. The Bertz CT molecular complexity index is 378. The summed E-state index contributed by atoms with van der Waals surface area (Å²) in [6, 6.07) is 3.97. The highest BCUT2D eigenvalue weighted by molar-refractivity contribution is 5.53. The van der Waals surface area contributed by atoms with E-state index in [0.717, 1.165) is 36.4 Å². The molecule has 4 heteroatoms. The van der Waals surface area contributed by atoms with Crippen molar-refractivity contribution in [2.45, 2.75) is 33.2 Å². The van der Waals surface area contributed by atoms with Crippen molar-refractivity contribution in [3.05, 3.63) is 17.7 Å². The second-order valence-electron chi connectivity index (χ2n) is 4.85. The van der Waals surface area contributed by atoms with Crippen molar-refractivity contribution in [2.75, 3.05) is 27.9 Å². The Morgan fingerprint density at radius 1 is 1.05 bits per heavy atom. The highest BCUT2D eigenvalue weighted by Gasteiger charge is 2.15. The lowest BCUT2D eigenvalue weighted by atomic mass is 10.1. The zero-order valence-electron chi connectivity index (χ0n) is 13.3. The summed E-state index contributed by atoms with van der Waals surface area (Å²) >= 11 is 0. The zero-order chi connectivity index (χ0) is 15.0. The van der Waals surface area contributed by atoms with E-state index in [9.17, 15) is 0 Å². The van der Waals surface area contributed by atoms with E-state index in [2.05, 4.69) is 19.2 Å². The van der Waals surface area contributed by atoms with Gasteiger partial charge in [0.05, 0.1) is 20.8 Å². The molecule has 4 nitrogen and oxygen atoms in total. The highest BCUT2D eigenvalue weighted by atomic mass is 16.5. The molecule has 1 N–H and O–H groups in total. The van der Waals surface area contributed by atoms with Gasteiger partial charge in [0.25, 0.3) is 0 Å². The largest absolute Gasteiger partial charge is 0.493 e. The van der Waals surface area contributed by atoms with Gasteiger partial charge in [-0.2, -0.15) is 0 Å². The summed E-state index contributed by atoms with van der Waals surface area (Å²) < 4.78 is 16.8. The third-order valence-electron chi connectivity index (χ3n) is 3.52. The molecule has 0 aromatic heterocycles. The number of methoxy groups -OCH3 is 2. The predicted molar refractivity (Wildman–Crippen MR) is 81.9 cm³/mol. The van der Waals surface area contributed by atoms with E-state index in [1.807, 2.05) is 19.2 Å². The molecule has 0 unspecified atom stereocenters. The van der Waals surface area contributed by atoms with E-state index >= 15 is 0 Å². The van der Waals surface area contributed by atoms with E-state index in [1.54, 1.807) is 14.2 Å². The van der Waals surface area contributed by atoms with Crippen molar-refractivity contribution in [2.24, 2.45) is 5.92 Å². The van der Waals surface area contributed by atoms with Crippen molar-refractivity contribution in [3.8, 4) is 17.2 Å². The van der Waals surface area contributed by atoms with E-state index in [-0.39, 0.29) is 0 Å². The van der Waals surface area contributed by atoms with Gasteiger partial charge in [-0.15, -0.1) is 0 Å². The van der Waals surface area contributed by atoms with Crippen LogP contribution in [0.1, 0.15) is 32.3 Å². The van der Waals surface area contributed by atoms with Crippen molar-refractivity contribution >= 4 is 0 Å². The smallest absolute Gasteiger partial charge is 0.203 e. The molecular weight excluding hydrogens is 254 g/mol. The fraction of sp³-hybridized carbons (Fsp3) is 0.625. The minimum Gasteiger partial charge on any atom is -0.493 e. The van der Waals surface area contributed by atoms with E-state index in [1.165, 1.54) is 0 Å². The first-order valence-electron chi connectivity index (χ1n) is 7.22. The number of benzene rings is 1. The quantitative estimate of drug-likeness (QED) is 0.754. The molecule has 0 bridgehead atoms. The standard InChI is InChI=1S/C16H27NO3/c1-6-12(7-2)11-20-16-14(18-4)8-13(10-17-3)9-15(16)19-5/h8-9,12,17H,6-7,10-11H2,1-5H3. The van der Waals surface area contributed by atoms with Gasteiger partial charge in [0, 0.05) is 6.54 Å². The fourth-order valence-corrected chi connectivity index (χ4v) is 2.11. The number of rotatable bonds is 9. The number of hydrogen-bond acceptors (Lipinski definition) is 4. The van der Waals surface area contributed by atoms with Gasteiger partial charge in [0.1, 0.15) is 0 Å². The van der Waals surface area contributed by atoms with Gasteiger partial charge in [-0.05, 0) is 30.7 Å². The molecule has 1 aromatic carbocycles. The normalized spacial score (nSPS) is 10.7. The summed E-state index contributed by atoms with van der Waals surface area (Å²) in [4.78, 5) is 0. The van der Waals surface area contributed by atoms with Gasteiger partial charge in [-0.25, -0.2) is 0 Å². The maximum atomic E-state index is 5.96. The van der Waals surface area contributed by atoms with E-state index < -0.39 is 0 Å². The monoisotopic (exact) mass is 281 g/mol. The van der Waals surface area contributed by atoms with Gasteiger partial charge in [0.2, 0.25) is 5.75 Å². The molecular formula is C16H27NO3. The molecule has 114 valence electrons. The van der Waals surface area contributed by atoms with E-state index in [4.69, 9.17) is 14.2 Å². The van der Waals surface area contributed by atoms with Crippen LogP contribution >= 0.6 is 0 Å². The minimum atomic E-state index is 0.557. The first kappa shape index (κ1) is 16.6. The first-order chi connectivity index (χ1) is 9.69. The Balaban J connectivity index is 2.97. The molecule has 20 heavy (non-hydrogen) atoms. The molecule has 0 spiro atoms. The molecule has 0 fully saturated rings. The van der Waals surface area contributed by atoms with Crippen molar-refractivity contribution in [1.29, 1.82) is 0 Å². The lowest BCUT2D eigenvalue weighted by molar-refractivity contribution is 0.220. The number of nitrogens with one attached hydrogen (secondary N) is 1. The van der Waals surface area contributed by atoms with Gasteiger partial charge >= 0.3 is 0 Å². The summed E-state index contributed by atoms with van der Waals surface area (Å²) in [6.07, 6.45) is 2.22. The van der Waals surface area contributed by atoms with Crippen LogP contribution in [0.2, 0.25) is 0 Å². The Labute approximate surface area is 122 Å². The Morgan fingerprint density at radius 3 is 2.00 bits per heavy atom. The maximum Gasteiger partial charge on any atom is 0.203 e. The summed E-state index contributed by atoms with van der Waals surface area (Å²) in [5.41, 5.74) is 1.11. The van der Waals surface area contributed by atoms with Crippen LogP contribution in [0.25, 0.3) is 0 Å². The van der Waals surface area contributed by atoms with Gasteiger partial charge < -0.3 is 19.5 Å². The van der Waals surface area contributed by atoms with Crippen molar-refractivity contribution in [3.63, 3.8) is 0 Å². The van der Waals surface area contributed by atoms with Crippen LogP contribution in [-0.2, 0) is 6.54 Å². The summed E-state index contributed by atoms with van der Waals surface area (Å²) in [7, 11) is 5.22. The maximum absolute atomic E-state index is 5.96. The number of ether oxygens (including phenoxy) is 3. The Hall–Kier alpha value is -1.42. The first-order valence-corrected chi connectivity index (χ1v) is 7.22. The minimum absolute atomic E-state index is 0.557. The van der Waals surface area contributed by atoms with Crippen molar-refractivity contribution < 1.29 is 14.2 Å². The summed E-state index contributed by atoms with van der Waals surface area (Å²) in [5, 5.41) is 3.12. The van der Waals surface area contributed by atoms with Crippen LogP contribution in [0, 0.1) is 5.92 Å². The van der Waals surface area contributed by atoms with Crippen LogP contribution in [-0.4, -0.2) is 27.9 Å². The Morgan fingerprint density at radius 2 is 1.60 bits per heavy atom. The topological polar surface area (TPSA) is 39.7 Å². The Kier molecular flexibility index (Phi) is 7.23. The lowest BCUT2D eigenvalue weighted by Gasteiger charge is -2.19. The molecule has 0 amide bonds. The molecule has 0 aliphatic rings. The average Bonchev–Trinajstić information content (AvgIpc) is 2.48. The molecule has 0 saturated carbocycles. The van der Waals surface area contributed by atoms with Crippen LogP contribution in [0.3, 0.4) is 0 Å². The van der Waals surface area contributed by atoms with Crippen LogP contribution in [0.15, 0.2) is 12.1 Å². The molecule has 0 aliphatic heterocycles. The molecule has 1 aromatic rings. The predicted octanol–water partition coefficient (Wildman–Crippen LogP) is 3.24. The van der Waals surface area contributed by atoms with Crippen LogP contribution < -0.4 is 19.5 Å². The molecule has 0 saturated heterocycles. The summed E-state index contributed by atoms with van der Waals surface area (Å²) in [5.74, 6) is 2.70. The van der Waals surface area contributed by atoms with Gasteiger partial charge in [0.15, 0.2) is 11.5 Å². The second kappa shape index (κ2) is 8.69. The highest BCUT2D eigenvalue weighted by Crippen LogP contribution is 2.39. The van der Waals surface area contributed by atoms with Gasteiger partial charge in [-0.1, -0.05) is 26.7 Å². The fourth-order valence-electron chi connectivity index (χ4n) is 2.11. The molecule has 0 atom stereocenters. The van der Waals surface area contributed by atoms with E-state index in [0.29, 0.717) is 18.3 Å². The second-order valence-corrected chi connectivity index (χ2v) is 4.85. The molecule has 0 radical (unpaired) electrons. The van der Waals surface area contributed by atoms with Crippen LogP contribution in [0.4, 0.5) is 0 Å². The van der Waals surface area contributed by atoms with Crippen LogP contribution in [0.5, 0.6) is 17.2 Å². The average molecular weight is 281 g/mol. The summed E-state index contributed by atoms with van der Waals surface area (Å²) in [6.45, 7) is 5.81.